The molecule has 0 aromatic carbocycles. The van der Waals surface area contributed by atoms with Crippen molar-refractivity contribution < 1.29 is 76.4 Å². The van der Waals surface area contributed by atoms with Crippen LogP contribution in [0.2, 0.25) is 0 Å². The number of ether oxygens (including phenoxy) is 6. The first-order valence-corrected chi connectivity index (χ1v) is 9.64. The van der Waals surface area contributed by atoms with Gasteiger partial charge in [0.1, 0.15) is 6.61 Å². The number of carbonyl (C=O) groups excluding carboxylic acids is 10. The molecule has 0 aromatic rings. The average molecular weight is 593 g/mol. The van der Waals surface area contributed by atoms with E-state index in [9.17, 15) is 28.8 Å². The zero-order chi connectivity index (χ0) is 31.1. The van der Waals surface area contributed by atoms with Crippen molar-refractivity contribution in [3.63, 3.8) is 0 Å². The third kappa shape index (κ3) is 147. The van der Waals surface area contributed by atoms with Crippen LogP contribution >= 0.6 is 0 Å². The van der Waals surface area contributed by atoms with Gasteiger partial charge < -0.3 is 28.4 Å². The maximum Gasteiger partial charge on any atom is 0.373 e. The van der Waals surface area contributed by atoms with Crippen LogP contribution in [0.3, 0.4) is 0 Å². The number of rotatable bonds is 7. The highest BCUT2D eigenvalue weighted by molar-refractivity contribution is 5.72. The van der Waals surface area contributed by atoms with Crippen LogP contribution in [0.25, 0.3) is 0 Å². The minimum Gasteiger partial charge on any atom is -0.469 e. The lowest BCUT2D eigenvalue weighted by Crippen LogP contribution is -2.17. The summed E-state index contributed by atoms with van der Waals surface area (Å²) in [6.45, 7) is 9.15. The van der Waals surface area contributed by atoms with Gasteiger partial charge in [-0.3, -0.25) is 28.8 Å². The standard InChI is InChI=1S/C6H10O4.C4H8O2.3C3H6O2.2CO2.3CH4/c1-5(3-10-4-7)6(8)9-2;1-3-4(5)6-2;2*1-3(4)5-2;1-2-5-3-4;2*2-1-3;;;/h4-5H,3H2,1-2H3;3H2,1-2H3;2*1-2H3;3H,2H2,1H3;;;3*1H4. The Kier molecular flexibility index (Phi) is 114. The zero-order valence-electron chi connectivity index (χ0n) is 22.4. The number of hydrogen-bond donors (Lipinski definition) is 0. The van der Waals surface area contributed by atoms with Gasteiger partial charge in [-0.2, -0.15) is 19.2 Å². The van der Waals surface area contributed by atoms with E-state index in [1.807, 2.05) is 0 Å². The van der Waals surface area contributed by atoms with Crippen LogP contribution in [0.4, 0.5) is 0 Å². The fraction of sp³-hybridized carbons (Fsp3) is 0.667. The molecule has 1 unspecified atom stereocenters. The molecule has 0 aliphatic rings. The minimum absolute atomic E-state index is 0. The van der Waals surface area contributed by atoms with Crippen LogP contribution in [-0.2, 0) is 76.4 Å². The summed E-state index contributed by atoms with van der Waals surface area (Å²) in [6.07, 6.45) is 0.969. The monoisotopic (exact) mass is 592 g/mol. The maximum absolute atomic E-state index is 10.6. The second-order valence-corrected chi connectivity index (χ2v) is 4.89. The first-order chi connectivity index (χ1) is 17.3. The van der Waals surface area contributed by atoms with Crippen LogP contribution in [0.15, 0.2) is 0 Å². The van der Waals surface area contributed by atoms with E-state index in [-0.39, 0.29) is 71.0 Å². The topological polar surface area (TPSA) is 226 Å². The molecule has 16 heteroatoms. The summed E-state index contributed by atoms with van der Waals surface area (Å²) in [5.41, 5.74) is 0. The van der Waals surface area contributed by atoms with E-state index < -0.39 is 0 Å². The first-order valence-electron chi connectivity index (χ1n) is 9.64. The van der Waals surface area contributed by atoms with E-state index in [0.717, 1.165) is 0 Å². The number of carbonyl (C=O) groups is 6. The van der Waals surface area contributed by atoms with Gasteiger partial charge in [0.05, 0.1) is 41.0 Å². The van der Waals surface area contributed by atoms with Gasteiger partial charge in [0.15, 0.2) is 0 Å². The molecule has 1 atom stereocenters. The van der Waals surface area contributed by atoms with Crippen molar-refractivity contribution in [2.45, 2.75) is 63.3 Å². The van der Waals surface area contributed by atoms with Crippen molar-refractivity contribution in [3.05, 3.63) is 0 Å². The lowest BCUT2D eigenvalue weighted by molar-refractivity contribution is -0.193. The molecule has 0 fully saturated rings. The summed E-state index contributed by atoms with van der Waals surface area (Å²) in [5, 5.41) is 0. The molecule has 0 saturated carbocycles. The van der Waals surface area contributed by atoms with Crippen LogP contribution in [0.5, 0.6) is 0 Å². The summed E-state index contributed by atoms with van der Waals surface area (Å²) in [7, 11) is 5.37. The lowest BCUT2D eigenvalue weighted by atomic mass is 10.2. The molecule has 16 nitrogen and oxygen atoms in total. The largest absolute Gasteiger partial charge is 0.469 e. The van der Waals surface area contributed by atoms with Gasteiger partial charge in [-0.15, -0.1) is 0 Å². The van der Waals surface area contributed by atoms with E-state index in [1.54, 1.807) is 20.8 Å². The molecule has 0 spiro atoms. The molecule has 0 amide bonds. The summed E-state index contributed by atoms with van der Waals surface area (Å²) in [6, 6.07) is 0. The highest BCUT2D eigenvalue weighted by atomic mass is 16.5. The maximum atomic E-state index is 10.6. The van der Waals surface area contributed by atoms with Gasteiger partial charge in [0, 0.05) is 20.3 Å². The molecule has 0 saturated heterocycles. The Labute approximate surface area is 236 Å². The summed E-state index contributed by atoms with van der Waals surface area (Å²) in [4.78, 5) is 91.1. The molecule has 0 aliphatic heterocycles. The highest BCUT2D eigenvalue weighted by Crippen LogP contribution is 1.96. The van der Waals surface area contributed by atoms with Crippen molar-refractivity contribution >= 4 is 49.1 Å². The predicted octanol–water partition coefficient (Wildman–Crippen LogP) is 1.82. The molecule has 240 valence electrons. The molecule has 0 N–H and O–H groups in total. The highest BCUT2D eigenvalue weighted by Gasteiger charge is 2.12. The molecule has 0 radical (unpaired) electrons. The Balaban J connectivity index is -0.0000000337. The van der Waals surface area contributed by atoms with Crippen molar-refractivity contribution in [2.24, 2.45) is 5.92 Å². The number of hydrogen-bond acceptors (Lipinski definition) is 16. The molecule has 0 bridgehead atoms. The third-order valence-electron chi connectivity index (χ3n) is 2.34. The second kappa shape index (κ2) is 70.1. The van der Waals surface area contributed by atoms with Crippen LogP contribution in [0, 0.1) is 5.92 Å². The summed E-state index contributed by atoms with van der Waals surface area (Å²) >= 11 is 0. The molecule has 40 heavy (non-hydrogen) atoms. The predicted molar refractivity (Wildman–Crippen MR) is 139 cm³/mol. The van der Waals surface area contributed by atoms with Crippen molar-refractivity contribution in [2.75, 3.05) is 41.7 Å². The molecular weight excluding hydrogens is 544 g/mol. The van der Waals surface area contributed by atoms with E-state index >= 15 is 0 Å². The van der Waals surface area contributed by atoms with Crippen LogP contribution < -0.4 is 0 Å². The SMILES string of the molecule is C.C.C.CCC(=O)OC.CCOC=O.COC(=O)C(C)COC=O.COC(C)=O.COC(C)=O.O=C=O.O=C=O. The second-order valence-electron chi connectivity index (χ2n) is 4.89. The van der Waals surface area contributed by atoms with Gasteiger partial charge in [-0.05, 0) is 13.8 Å². The van der Waals surface area contributed by atoms with Gasteiger partial charge in [0.2, 0.25) is 0 Å². The van der Waals surface area contributed by atoms with Gasteiger partial charge in [-0.25, -0.2) is 0 Å². The molecule has 0 heterocycles. The lowest BCUT2D eigenvalue weighted by Gasteiger charge is -2.05. The summed E-state index contributed by atoms with van der Waals surface area (Å²) < 4.78 is 25.3. The minimum atomic E-state index is -0.379. The Hall–Kier alpha value is -4.42. The average Bonchev–Trinajstić information content (AvgIpc) is 2.88. The molecular formula is C24H48O16. The van der Waals surface area contributed by atoms with Gasteiger partial charge in [0.25, 0.3) is 12.9 Å². The van der Waals surface area contributed by atoms with E-state index in [1.165, 1.54) is 42.3 Å². The molecule has 0 rings (SSSR count). The Morgan fingerprint density at radius 2 is 0.975 bits per heavy atom. The van der Waals surface area contributed by atoms with Crippen LogP contribution in [-0.4, -0.2) is 90.8 Å². The molecule has 0 aromatic heterocycles. The fourth-order valence-electron chi connectivity index (χ4n) is 0.665. The van der Waals surface area contributed by atoms with Gasteiger partial charge >= 0.3 is 36.2 Å². The third-order valence-corrected chi connectivity index (χ3v) is 2.34. The fourth-order valence-corrected chi connectivity index (χ4v) is 0.665. The smallest absolute Gasteiger partial charge is 0.373 e. The summed E-state index contributed by atoms with van der Waals surface area (Å²) in [5.74, 6) is -1.40. The Bertz CT molecular complexity index is 588. The van der Waals surface area contributed by atoms with E-state index in [4.69, 9.17) is 19.2 Å². The normalized spacial score (nSPS) is 7.03. The quantitative estimate of drug-likeness (QED) is 0.233. The number of esters is 4. The number of methoxy groups -OCH3 is 4. The van der Waals surface area contributed by atoms with Gasteiger partial charge in [-0.1, -0.05) is 29.2 Å². The van der Waals surface area contributed by atoms with E-state index in [2.05, 4.69) is 28.4 Å². The van der Waals surface area contributed by atoms with E-state index in [0.29, 0.717) is 26.0 Å². The zero-order valence-corrected chi connectivity index (χ0v) is 22.4. The molecule has 0 aliphatic carbocycles. The van der Waals surface area contributed by atoms with Crippen molar-refractivity contribution in [3.8, 4) is 0 Å². The van der Waals surface area contributed by atoms with Crippen LogP contribution in [0.1, 0.15) is 63.3 Å². The van der Waals surface area contributed by atoms with Crippen molar-refractivity contribution in [1.29, 1.82) is 0 Å². The van der Waals surface area contributed by atoms with Crippen molar-refractivity contribution in [1.82, 2.24) is 0 Å². The first kappa shape index (κ1) is 65.0. The Morgan fingerprint density at radius 3 is 1.07 bits per heavy atom. The Morgan fingerprint density at radius 1 is 0.675 bits per heavy atom.